The van der Waals surface area contributed by atoms with Gasteiger partial charge in [-0.1, -0.05) is 25.4 Å². The third kappa shape index (κ3) is 3.11. The third-order valence-corrected chi connectivity index (χ3v) is 5.90. The summed E-state index contributed by atoms with van der Waals surface area (Å²) in [7, 11) is 1.59. The van der Waals surface area contributed by atoms with E-state index in [0.29, 0.717) is 11.1 Å². The van der Waals surface area contributed by atoms with Crippen LogP contribution in [0, 0.1) is 5.92 Å². The molecule has 1 aliphatic carbocycles. The zero-order valence-corrected chi connectivity index (χ0v) is 17.3. The van der Waals surface area contributed by atoms with Crippen LogP contribution in [0.15, 0.2) is 29.3 Å². The average molecular weight is 441 g/mol. The Labute approximate surface area is 174 Å². The minimum atomic E-state index is -4.71. The lowest BCUT2D eigenvalue weighted by Gasteiger charge is -2.33. The van der Waals surface area contributed by atoms with Crippen LogP contribution < -0.4 is 5.56 Å². The number of halogens is 4. The van der Waals surface area contributed by atoms with Crippen LogP contribution in [0.25, 0.3) is 10.9 Å². The number of fused-ring (bicyclic) bond motifs is 1. The summed E-state index contributed by atoms with van der Waals surface area (Å²) in [4.78, 5) is 16.3. The highest BCUT2D eigenvalue weighted by Gasteiger charge is 2.43. The standard InChI is InChI=1S/C20H20ClF3N4O2/c1-10(2)19(30,11-8-14(21)16(25-9-11)20(22,23)24)17-13-6-7-28(12-4-5-12)18(29)15(13)26-27(17)3/h6-10,12,30H,4-5H2,1-3H3/t19-/m0/s1. The summed E-state index contributed by atoms with van der Waals surface area (Å²) in [6, 6.07) is 2.94. The number of hydrogen-bond donors (Lipinski definition) is 1. The highest BCUT2D eigenvalue weighted by atomic mass is 35.5. The molecule has 160 valence electrons. The first-order valence-corrected chi connectivity index (χ1v) is 9.88. The lowest BCUT2D eigenvalue weighted by Crippen LogP contribution is -2.36. The van der Waals surface area contributed by atoms with Crippen LogP contribution in [0.3, 0.4) is 0 Å². The Morgan fingerprint density at radius 2 is 1.97 bits per heavy atom. The predicted molar refractivity (Wildman–Crippen MR) is 105 cm³/mol. The van der Waals surface area contributed by atoms with Crippen molar-refractivity contribution in [3.05, 3.63) is 56.9 Å². The van der Waals surface area contributed by atoms with Crippen LogP contribution in [-0.2, 0) is 18.8 Å². The van der Waals surface area contributed by atoms with E-state index in [0.717, 1.165) is 25.1 Å². The molecule has 6 nitrogen and oxygen atoms in total. The highest BCUT2D eigenvalue weighted by Crippen LogP contribution is 2.42. The summed E-state index contributed by atoms with van der Waals surface area (Å²) in [5.41, 5.74) is -2.67. The zero-order chi connectivity index (χ0) is 22.0. The van der Waals surface area contributed by atoms with E-state index in [1.54, 1.807) is 37.7 Å². The molecule has 1 saturated carbocycles. The molecule has 3 heterocycles. The molecule has 0 unspecified atom stereocenters. The summed E-state index contributed by atoms with van der Waals surface area (Å²) in [5.74, 6) is -0.489. The molecule has 0 saturated heterocycles. The lowest BCUT2D eigenvalue weighted by molar-refractivity contribution is -0.141. The van der Waals surface area contributed by atoms with Crippen molar-refractivity contribution >= 4 is 22.5 Å². The molecule has 1 aliphatic rings. The van der Waals surface area contributed by atoms with E-state index in [1.807, 2.05) is 0 Å². The summed E-state index contributed by atoms with van der Waals surface area (Å²) in [5, 5.41) is 15.9. The van der Waals surface area contributed by atoms with Crippen molar-refractivity contribution in [1.82, 2.24) is 19.3 Å². The van der Waals surface area contributed by atoms with Gasteiger partial charge in [-0.05, 0) is 30.9 Å². The summed E-state index contributed by atoms with van der Waals surface area (Å²) < 4.78 is 42.2. The smallest absolute Gasteiger partial charge is 0.378 e. The van der Waals surface area contributed by atoms with Crippen molar-refractivity contribution in [2.75, 3.05) is 0 Å². The second-order valence-corrected chi connectivity index (χ2v) is 8.37. The van der Waals surface area contributed by atoms with Gasteiger partial charge in [0.1, 0.15) is 5.60 Å². The number of aryl methyl sites for hydroxylation is 1. The highest BCUT2D eigenvalue weighted by molar-refractivity contribution is 6.31. The maximum atomic E-state index is 13.1. The second-order valence-electron chi connectivity index (χ2n) is 7.97. The van der Waals surface area contributed by atoms with Gasteiger partial charge in [0.2, 0.25) is 0 Å². The zero-order valence-electron chi connectivity index (χ0n) is 16.5. The molecule has 3 aromatic rings. The number of pyridine rings is 2. The normalized spacial score (nSPS) is 17.0. The van der Waals surface area contributed by atoms with E-state index < -0.39 is 28.4 Å². The number of rotatable bonds is 4. The Balaban J connectivity index is 1.95. The van der Waals surface area contributed by atoms with Gasteiger partial charge in [-0.25, -0.2) is 4.98 Å². The first kappa shape index (κ1) is 20.9. The van der Waals surface area contributed by atoms with Gasteiger partial charge in [0, 0.05) is 36.4 Å². The van der Waals surface area contributed by atoms with Gasteiger partial charge in [-0.15, -0.1) is 0 Å². The van der Waals surface area contributed by atoms with Crippen molar-refractivity contribution < 1.29 is 18.3 Å². The van der Waals surface area contributed by atoms with Crippen molar-refractivity contribution in [3.8, 4) is 0 Å². The van der Waals surface area contributed by atoms with E-state index in [9.17, 15) is 23.1 Å². The number of nitrogens with zero attached hydrogens (tertiary/aromatic N) is 4. The fraction of sp³-hybridized carbons (Fsp3) is 0.450. The van der Waals surface area contributed by atoms with Crippen LogP contribution >= 0.6 is 11.6 Å². The SMILES string of the molecule is CC(C)[C@](O)(c1cnc(C(F)(F)F)c(Cl)c1)c1c2ccn(C3CC3)c(=O)c2nn1C. The van der Waals surface area contributed by atoms with Gasteiger partial charge in [0.05, 0.1) is 10.7 Å². The van der Waals surface area contributed by atoms with Crippen LogP contribution in [-0.4, -0.2) is 24.4 Å². The first-order chi connectivity index (χ1) is 14.0. The minimum Gasteiger partial charge on any atom is -0.378 e. The fourth-order valence-corrected chi connectivity index (χ4v) is 4.17. The number of aliphatic hydroxyl groups is 1. The third-order valence-electron chi connectivity index (χ3n) is 5.61. The van der Waals surface area contributed by atoms with Crippen molar-refractivity contribution in [2.24, 2.45) is 13.0 Å². The van der Waals surface area contributed by atoms with E-state index in [2.05, 4.69) is 10.1 Å². The number of alkyl halides is 3. The Kier molecular flexibility index (Phi) is 4.74. The second kappa shape index (κ2) is 6.81. The van der Waals surface area contributed by atoms with Crippen LogP contribution in [0.4, 0.5) is 13.2 Å². The average Bonchev–Trinajstić information content (AvgIpc) is 3.42. The Hall–Kier alpha value is -2.39. The molecule has 1 fully saturated rings. The van der Waals surface area contributed by atoms with Gasteiger partial charge < -0.3 is 9.67 Å². The quantitative estimate of drug-likeness (QED) is 0.664. The van der Waals surface area contributed by atoms with Gasteiger partial charge in [0.25, 0.3) is 5.56 Å². The van der Waals surface area contributed by atoms with Crippen molar-refractivity contribution in [2.45, 2.75) is 44.5 Å². The topological polar surface area (TPSA) is 72.9 Å². The molecule has 0 aliphatic heterocycles. The molecule has 1 atom stereocenters. The molecule has 30 heavy (non-hydrogen) atoms. The van der Waals surface area contributed by atoms with E-state index >= 15 is 0 Å². The molecule has 0 radical (unpaired) electrons. The van der Waals surface area contributed by atoms with Crippen LogP contribution in [0.2, 0.25) is 5.02 Å². The van der Waals surface area contributed by atoms with Gasteiger partial charge in [0.15, 0.2) is 11.2 Å². The van der Waals surface area contributed by atoms with Crippen molar-refractivity contribution in [3.63, 3.8) is 0 Å². The largest absolute Gasteiger partial charge is 0.434 e. The monoisotopic (exact) mass is 440 g/mol. The van der Waals surface area contributed by atoms with Crippen LogP contribution in [0.5, 0.6) is 0 Å². The number of hydrogen-bond acceptors (Lipinski definition) is 4. The van der Waals surface area contributed by atoms with E-state index in [4.69, 9.17) is 11.6 Å². The Bertz CT molecular complexity index is 1200. The maximum Gasteiger partial charge on any atom is 0.434 e. The fourth-order valence-electron chi connectivity index (χ4n) is 3.89. The molecule has 0 spiro atoms. The van der Waals surface area contributed by atoms with Crippen molar-refractivity contribution in [1.29, 1.82) is 0 Å². The molecular weight excluding hydrogens is 421 g/mol. The summed E-state index contributed by atoms with van der Waals surface area (Å²) in [6.07, 6.45) is -0.211. The maximum absolute atomic E-state index is 13.1. The van der Waals surface area contributed by atoms with Crippen LogP contribution in [0.1, 0.15) is 49.7 Å². The number of aromatic nitrogens is 4. The molecule has 0 amide bonds. The molecule has 0 bridgehead atoms. The minimum absolute atomic E-state index is 0.0896. The molecular formula is C20H20ClF3N4O2. The summed E-state index contributed by atoms with van der Waals surface area (Å²) in [6.45, 7) is 3.44. The van der Waals surface area contributed by atoms with E-state index in [-0.39, 0.29) is 22.7 Å². The molecule has 3 aromatic heterocycles. The van der Waals surface area contributed by atoms with Gasteiger partial charge in [-0.2, -0.15) is 18.3 Å². The molecule has 0 aromatic carbocycles. The Morgan fingerprint density at radius 1 is 1.30 bits per heavy atom. The van der Waals surface area contributed by atoms with E-state index in [1.165, 1.54) is 4.68 Å². The molecule has 10 heteroatoms. The predicted octanol–water partition coefficient (Wildman–Crippen LogP) is 4.03. The van der Waals surface area contributed by atoms with Gasteiger partial charge in [-0.3, -0.25) is 9.48 Å². The molecule has 1 N–H and O–H groups in total. The summed E-state index contributed by atoms with van der Waals surface area (Å²) >= 11 is 5.86. The lowest BCUT2D eigenvalue weighted by atomic mass is 9.80. The Morgan fingerprint density at radius 3 is 2.50 bits per heavy atom. The van der Waals surface area contributed by atoms with Gasteiger partial charge >= 0.3 is 6.18 Å². The molecule has 4 rings (SSSR count). The first-order valence-electron chi connectivity index (χ1n) is 9.50.